The van der Waals surface area contributed by atoms with Crippen molar-refractivity contribution in [3.05, 3.63) is 30.0 Å². The Morgan fingerprint density at radius 1 is 1.40 bits per heavy atom. The largest absolute Gasteiger partial charge is 0.506 e. The number of para-hydroxylation sites is 1. The maximum atomic E-state index is 9.81. The van der Waals surface area contributed by atoms with Crippen LogP contribution >= 0.6 is 0 Å². The lowest BCUT2D eigenvalue weighted by atomic mass is 10.2. The molecular weight excluding hydrogens is 188 g/mol. The summed E-state index contributed by atoms with van der Waals surface area (Å²) in [6.07, 6.45) is 0.849. The van der Waals surface area contributed by atoms with Crippen LogP contribution in [0.2, 0.25) is 0 Å². The topological polar surface area (TPSA) is 51.2 Å². The van der Waals surface area contributed by atoms with E-state index < -0.39 is 0 Å². The second kappa shape index (κ2) is 3.95. The lowest BCUT2D eigenvalue weighted by Gasteiger charge is -2.07. The van der Waals surface area contributed by atoms with Gasteiger partial charge in [-0.25, -0.2) is 0 Å². The van der Waals surface area contributed by atoms with Gasteiger partial charge in [0, 0.05) is 17.6 Å². The third-order valence-corrected chi connectivity index (χ3v) is 2.70. The molecule has 80 valence electrons. The van der Waals surface area contributed by atoms with Crippen molar-refractivity contribution in [2.24, 2.45) is 5.73 Å². The van der Waals surface area contributed by atoms with Crippen molar-refractivity contribution in [2.75, 3.05) is 6.54 Å². The summed E-state index contributed by atoms with van der Waals surface area (Å²) in [6, 6.07) is 7.71. The van der Waals surface area contributed by atoms with Crippen LogP contribution in [0.5, 0.6) is 5.75 Å². The smallest absolute Gasteiger partial charge is 0.139 e. The zero-order valence-corrected chi connectivity index (χ0v) is 8.90. The van der Waals surface area contributed by atoms with Crippen LogP contribution in [0.15, 0.2) is 24.3 Å². The predicted molar refractivity (Wildman–Crippen MR) is 62.0 cm³/mol. The van der Waals surface area contributed by atoms with E-state index in [0.717, 1.165) is 23.9 Å². The van der Waals surface area contributed by atoms with Crippen LogP contribution in [0.4, 0.5) is 0 Å². The molecule has 1 aromatic carbocycles. The van der Waals surface area contributed by atoms with Gasteiger partial charge in [-0.05, 0) is 32.0 Å². The molecule has 0 fully saturated rings. The summed E-state index contributed by atoms with van der Waals surface area (Å²) in [5, 5.41) is 10.9. The van der Waals surface area contributed by atoms with Crippen molar-refractivity contribution in [1.82, 2.24) is 4.57 Å². The van der Waals surface area contributed by atoms with Crippen molar-refractivity contribution >= 4 is 10.9 Å². The van der Waals surface area contributed by atoms with Crippen LogP contribution in [0.25, 0.3) is 10.9 Å². The van der Waals surface area contributed by atoms with Crippen molar-refractivity contribution in [1.29, 1.82) is 0 Å². The van der Waals surface area contributed by atoms with Gasteiger partial charge in [0.25, 0.3) is 0 Å². The molecule has 0 bridgehead atoms. The van der Waals surface area contributed by atoms with E-state index in [1.54, 1.807) is 6.07 Å². The second-order valence-electron chi connectivity index (χ2n) is 3.63. The van der Waals surface area contributed by atoms with Gasteiger partial charge in [0.1, 0.15) is 5.75 Å². The van der Waals surface area contributed by atoms with E-state index in [0.29, 0.717) is 12.3 Å². The van der Waals surface area contributed by atoms with E-state index in [1.807, 2.05) is 12.1 Å². The Morgan fingerprint density at radius 2 is 2.20 bits per heavy atom. The number of phenolic OH excluding ortho intramolecular Hbond substituents is 1. The molecule has 3 heteroatoms. The monoisotopic (exact) mass is 204 g/mol. The number of rotatable bonds is 3. The second-order valence-corrected chi connectivity index (χ2v) is 3.63. The normalized spacial score (nSPS) is 11.1. The van der Waals surface area contributed by atoms with Crippen LogP contribution in [0.1, 0.15) is 12.6 Å². The van der Waals surface area contributed by atoms with Crippen molar-refractivity contribution in [2.45, 2.75) is 19.9 Å². The summed E-state index contributed by atoms with van der Waals surface area (Å²) in [5.74, 6) is 0.345. The van der Waals surface area contributed by atoms with E-state index in [4.69, 9.17) is 5.73 Å². The van der Waals surface area contributed by atoms with Gasteiger partial charge in [0.05, 0.1) is 5.52 Å². The molecule has 0 saturated heterocycles. The fourth-order valence-corrected chi connectivity index (χ4v) is 2.08. The first-order valence-electron chi connectivity index (χ1n) is 5.28. The Bertz CT molecular complexity index is 474. The van der Waals surface area contributed by atoms with Crippen LogP contribution < -0.4 is 5.73 Å². The maximum Gasteiger partial charge on any atom is 0.139 e. The standard InChI is InChI=1S/C12H16N2O/c1-2-14-10(6-7-13)8-9-4-3-5-11(15)12(9)14/h3-5,8,15H,2,6-7,13H2,1H3. The van der Waals surface area contributed by atoms with E-state index in [1.165, 1.54) is 5.69 Å². The minimum atomic E-state index is 0.345. The molecule has 0 unspecified atom stereocenters. The van der Waals surface area contributed by atoms with Gasteiger partial charge in [-0.2, -0.15) is 0 Å². The summed E-state index contributed by atoms with van der Waals surface area (Å²) >= 11 is 0. The number of aromatic hydroxyl groups is 1. The molecule has 3 nitrogen and oxygen atoms in total. The molecule has 0 radical (unpaired) electrons. The molecule has 1 heterocycles. The Balaban J connectivity index is 2.68. The van der Waals surface area contributed by atoms with Crippen LogP contribution in [-0.4, -0.2) is 16.2 Å². The number of aromatic nitrogens is 1. The van der Waals surface area contributed by atoms with Gasteiger partial charge in [-0.1, -0.05) is 12.1 Å². The van der Waals surface area contributed by atoms with Crippen molar-refractivity contribution < 1.29 is 5.11 Å². The molecule has 0 aliphatic rings. The number of fused-ring (bicyclic) bond motifs is 1. The molecule has 3 N–H and O–H groups in total. The molecule has 0 saturated carbocycles. The number of nitrogens with zero attached hydrogens (tertiary/aromatic N) is 1. The minimum Gasteiger partial charge on any atom is -0.506 e. The lowest BCUT2D eigenvalue weighted by molar-refractivity contribution is 0.477. The molecule has 0 aliphatic heterocycles. The first kappa shape index (κ1) is 10.1. The van der Waals surface area contributed by atoms with Gasteiger partial charge in [0.15, 0.2) is 0 Å². The fraction of sp³-hybridized carbons (Fsp3) is 0.333. The Kier molecular flexibility index (Phi) is 2.64. The van der Waals surface area contributed by atoms with Gasteiger partial charge in [0.2, 0.25) is 0 Å². The number of hydrogen-bond acceptors (Lipinski definition) is 2. The highest BCUT2D eigenvalue weighted by Crippen LogP contribution is 2.27. The first-order chi connectivity index (χ1) is 7.27. The average molecular weight is 204 g/mol. The van der Waals surface area contributed by atoms with Crippen molar-refractivity contribution in [3.63, 3.8) is 0 Å². The molecule has 0 aliphatic carbocycles. The molecule has 2 aromatic rings. The average Bonchev–Trinajstić information content (AvgIpc) is 2.57. The molecule has 0 atom stereocenters. The fourth-order valence-electron chi connectivity index (χ4n) is 2.08. The lowest BCUT2D eigenvalue weighted by Crippen LogP contribution is -2.08. The highest BCUT2D eigenvalue weighted by Gasteiger charge is 2.09. The van der Waals surface area contributed by atoms with Gasteiger partial charge in [-0.3, -0.25) is 0 Å². The Morgan fingerprint density at radius 3 is 2.87 bits per heavy atom. The number of nitrogens with two attached hydrogens (primary N) is 1. The summed E-state index contributed by atoms with van der Waals surface area (Å²) in [6.45, 7) is 3.57. The van der Waals surface area contributed by atoms with E-state index in [9.17, 15) is 5.11 Å². The number of benzene rings is 1. The summed E-state index contributed by atoms with van der Waals surface area (Å²) in [4.78, 5) is 0. The van der Waals surface area contributed by atoms with Crippen LogP contribution in [-0.2, 0) is 13.0 Å². The Hall–Kier alpha value is -1.48. The SMILES string of the molecule is CCn1c(CCN)cc2cccc(O)c21. The highest BCUT2D eigenvalue weighted by molar-refractivity contribution is 5.86. The molecule has 15 heavy (non-hydrogen) atoms. The number of hydrogen-bond donors (Lipinski definition) is 2. The van der Waals surface area contributed by atoms with E-state index in [-0.39, 0.29) is 0 Å². The summed E-state index contributed by atoms with van der Waals surface area (Å²) in [5.41, 5.74) is 7.68. The zero-order chi connectivity index (χ0) is 10.8. The zero-order valence-electron chi connectivity index (χ0n) is 8.90. The molecule has 0 spiro atoms. The van der Waals surface area contributed by atoms with E-state index in [2.05, 4.69) is 17.6 Å². The van der Waals surface area contributed by atoms with Gasteiger partial charge in [-0.15, -0.1) is 0 Å². The minimum absolute atomic E-state index is 0.345. The van der Waals surface area contributed by atoms with Crippen LogP contribution in [0, 0.1) is 0 Å². The molecule has 1 aromatic heterocycles. The quantitative estimate of drug-likeness (QED) is 0.801. The van der Waals surface area contributed by atoms with Gasteiger partial charge < -0.3 is 15.4 Å². The first-order valence-corrected chi connectivity index (χ1v) is 5.28. The third-order valence-electron chi connectivity index (χ3n) is 2.70. The summed E-state index contributed by atoms with van der Waals surface area (Å²) < 4.78 is 2.12. The molecule has 2 rings (SSSR count). The Labute approximate surface area is 89.1 Å². The molecule has 0 amide bonds. The predicted octanol–water partition coefficient (Wildman–Crippen LogP) is 1.87. The molecular formula is C12H16N2O. The third kappa shape index (κ3) is 1.59. The van der Waals surface area contributed by atoms with Crippen molar-refractivity contribution in [3.8, 4) is 5.75 Å². The summed E-state index contributed by atoms with van der Waals surface area (Å²) in [7, 11) is 0. The number of phenols is 1. The highest BCUT2D eigenvalue weighted by atomic mass is 16.3. The number of aryl methyl sites for hydroxylation is 1. The van der Waals surface area contributed by atoms with Gasteiger partial charge >= 0.3 is 0 Å². The maximum absolute atomic E-state index is 9.81. The van der Waals surface area contributed by atoms with E-state index >= 15 is 0 Å². The van der Waals surface area contributed by atoms with Crippen LogP contribution in [0.3, 0.4) is 0 Å².